The summed E-state index contributed by atoms with van der Waals surface area (Å²) in [5.74, 6) is -1.16. The highest BCUT2D eigenvalue weighted by Gasteiger charge is 2.31. The van der Waals surface area contributed by atoms with Crippen LogP contribution in [-0.4, -0.2) is 53.8 Å². The molecular formula is C17H22FN3O2. The molecule has 0 radical (unpaired) electrons. The van der Waals surface area contributed by atoms with Crippen LogP contribution in [0.25, 0.3) is 0 Å². The molecule has 124 valence electrons. The van der Waals surface area contributed by atoms with Gasteiger partial charge in [-0.15, -0.1) is 0 Å². The lowest BCUT2D eigenvalue weighted by atomic mass is 10.1. The van der Waals surface area contributed by atoms with E-state index < -0.39 is 11.8 Å². The van der Waals surface area contributed by atoms with Crippen LogP contribution in [-0.2, 0) is 9.59 Å². The largest absolute Gasteiger partial charge is 0.345 e. The Labute approximate surface area is 135 Å². The van der Waals surface area contributed by atoms with Gasteiger partial charge in [0.25, 0.3) is 0 Å². The second-order valence-electron chi connectivity index (χ2n) is 6.31. The second kappa shape index (κ2) is 6.66. The van der Waals surface area contributed by atoms with Crippen LogP contribution in [0.5, 0.6) is 0 Å². The van der Waals surface area contributed by atoms with E-state index in [-0.39, 0.29) is 17.9 Å². The van der Waals surface area contributed by atoms with Crippen molar-refractivity contribution in [3.05, 3.63) is 35.6 Å². The standard InChI is InChI=1S/C17H22FN3O2/c1-12(13-3-2-4-14(18)11-13)20-7-9-21(10-8-20)17(23)16(22)19-15-5-6-15/h2-4,11-12,15H,5-10H2,1H3,(H,19,22)/t12-/m1/s1. The third-order valence-corrected chi connectivity index (χ3v) is 4.59. The molecule has 2 fully saturated rings. The third kappa shape index (κ3) is 3.88. The molecular weight excluding hydrogens is 297 g/mol. The van der Waals surface area contributed by atoms with Gasteiger partial charge in [-0.2, -0.15) is 0 Å². The molecule has 0 unspecified atom stereocenters. The van der Waals surface area contributed by atoms with Crippen molar-refractivity contribution in [1.29, 1.82) is 0 Å². The summed E-state index contributed by atoms with van der Waals surface area (Å²) in [4.78, 5) is 27.7. The fraction of sp³-hybridized carbons (Fsp3) is 0.529. The minimum atomic E-state index is -0.487. The van der Waals surface area contributed by atoms with Crippen molar-refractivity contribution < 1.29 is 14.0 Å². The number of nitrogens with one attached hydrogen (secondary N) is 1. The fourth-order valence-corrected chi connectivity index (χ4v) is 2.91. The van der Waals surface area contributed by atoms with Crippen molar-refractivity contribution in [1.82, 2.24) is 15.1 Å². The molecule has 1 aliphatic heterocycles. The molecule has 1 aromatic rings. The lowest BCUT2D eigenvalue weighted by Gasteiger charge is -2.37. The van der Waals surface area contributed by atoms with Gasteiger partial charge in [-0.05, 0) is 37.5 Å². The first kappa shape index (κ1) is 15.9. The highest BCUT2D eigenvalue weighted by molar-refractivity contribution is 6.35. The van der Waals surface area contributed by atoms with Gasteiger partial charge < -0.3 is 10.2 Å². The predicted molar refractivity (Wildman–Crippen MR) is 84.1 cm³/mol. The Bertz CT molecular complexity index is 595. The number of carbonyl (C=O) groups is 2. The van der Waals surface area contributed by atoms with Crippen LogP contribution in [0.3, 0.4) is 0 Å². The van der Waals surface area contributed by atoms with Crippen molar-refractivity contribution in [2.24, 2.45) is 0 Å². The SMILES string of the molecule is C[C@H](c1cccc(F)c1)N1CCN(C(=O)C(=O)NC2CC2)CC1. The molecule has 0 bridgehead atoms. The molecule has 1 aliphatic carbocycles. The average Bonchev–Trinajstić information content (AvgIpc) is 3.37. The molecule has 1 aromatic carbocycles. The van der Waals surface area contributed by atoms with Gasteiger partial charge in [0, 0.05) is 38.3 Å². The zero-order valence-corrected chi connectivity index (χ0v) is 13.3. The number of amides is 2. The summed E-state index contributed by atoms with van der Waals surface area (Å²) in [5, 5.41) is 2.73. The maximum atomic E-state index is 13.3. The lowest BCUT2D eigenvalue weighted by molar-refractivity contribution is -0.147. The third-order valence-electron chi connectivity index (χ3n) is 4.59. The van der Waals surface area contributed by atoms with E-state index in [0.29, 0.717) is 26.2 Å². The molecule has 1 saturated carbocycles. The van der Waals surface area contributed by atoms with Crippen LogP contribution < -0.4 is 5.32 Å². The molecule has 5 nitrogen and oxygen atoms in total. The molecule has 6 heteroatoms. The van der Waals surface area contributed by atoms with Crippen molar-refractivity contribution in [2.75, 3.05) is 26.2 Å². The fourth-order valence-electron chi connectivity index (χ4n) is 2.91. The predicted octanol–water partition coefficient (Wildman–Crippen LogP) is 1.31. The topological polar surface area (TPSA) is 52.7 Å². The number of nitrogens with zero attached hydrogens (tertiary/aromatic N) is 2. The smallest absolute Gasteiger partial charge is 0.311 e. The first-order valence-corrected chi connectivity index (χ1v) is 8.14. The Hall–Kier alpha value is -1.95. The summed E-state index contributed by atoms with van der Waals surface area (Å²) in [7, 11) is 0. The van der Waals surface area contributed by atoms with E-state index in [2.05, 4.69) is 10.2 Å². The lowest BCUT2D eigenvalue weighted by Crippen LogP contribution is -2.53. The van der Waals surface area contributed by atoms with E-state index >= 15 is 0 Å². The van der Waals surface area contributed by atoms with E-state index in [9.17, 15) is 14.0 Å². The maximum absolute atomic E-state index is 13.3. The molecule has 2 amide bonds. The number of rotatable bonds is 3. The summed E-state index contributed by atoms with van der Waals surface area (Å²) in [5.41, 5.74) is 0.927. The van der Waals surface area contributed by atoms with Gasteiger partial charge in [-0.3, -0.25) is 14.5 Å². The minimum Gasteiger partial charge on any atom is -0.345 e. The average molecular weight is 319 g/mol. The summed E-state index contributed by atoms with van der Waals surface area (Å²) < 4.78 is 13.3. The molecule has 23 heavy (non-hydrogen) atoms. The van der Waals surface area contributed by atoms with Crippen LogP contribution in [0.4, 0.5) is 4.39 Å². The molecule has 0 aromatic heterocycles. The van der Waals surface area contributed by atoms with Gasteiger partial charge in [-0.1, -0.05) is 12.1 Å². The Morgan fingerprint density at radius 3 is 2.52 bits per heavy atom. The van der Waals surface area contributed by atoms with Gasteiger partial charge in [-0.25, -0.2) is 4.39 Å². The van der Waals surface area contributed by atoms with Crippen LogP contribution in [0.2, 0.25) is 0 Å². The minimum absolute atomic E-state index is 0.0863. The van der Waals surface area contributed by atoms with Gasteiger partial charge in [0.2, 0.25) is 0 Å². The molecule has 1 heterocycles. The monoisotopic (exact) mass is 319 g/mol. The number of hydrogen-bond acceptors (Lipinski definition) is 3. The number of benzene rings is 1. The second-order valence-corrected chi connectivity index (χ2v) is 6.31. The molecule has 0 spiro atoms. The number of carbonyl (C=O) groups excluding carboxylic acids is 2. The summed E-state index contributed by atoms with van der Waals surface area (Å²) >= 11 is 0. The van der Waals surface area contributed by atoms with Gasteiger partial charge in [0.15, 0.2) is 0 Å². The number of halogens is 1. The maximum Gasteiger partial charge on any atom is 0.311 e. The number of piperazine rings is 1. The van der Waals surface area contributed by atoms with Gasteiger partial charge >= 0.3 is 11.8 Å². The zero-order valence-electron chi connectivity index (χ0n) is 13.3. The first-order chi connectivity index (χ1) is 11.0. The Kier molecular flexibility index (Phi) is 4.61. The molecule has 2 aliphatic rings. The van der Waals surface area contributed by atoms with Crippen molar-refractivity contribution in [2.45, 2.75) is 31.8 Å². The van der Waals surface area contributed by atoms with Crippen LogP contribution in [0, 0.1) is 5.82 Å². The van der Waals surface area contributed by atoms with Crippen LogP contribution >= 0.6 is 0 Å². The highest BCUT2D eigenvalue weighted by atomic mass is 19.1. The summed E-state index contributed by atoms with van der Waals surface area (Å²) in [6.45, 7) is 4.44. The van der Waals surface area contributed by atoms with Crippen molar-refractivity contribution in [3.63, 3.8) is 0 Å². The number of hydrogen-bond donors (Lipinski definition) is 1. The normalized spacial score (nSPS) is 20.2. The van der Waals surface area contributed by atoms with Crippen molar-refractivity contribution >= 4 is 11.8 Å². The van der Waals surface area contributed by atoms with E-state index in [1.165, 1.54) is 6.07 Å². The summed E-state index contributed by atoms with van der Waals surface area (Å²) in [6.07, 6.45) is 1.94. The Balaban J connectivity index is 1.53. The Morgan fingerprint density at radius 1 is 1.22 bits per heavy atom. The van der Waals surface area contributed by atoms with E-state index in [1.54, 1.807) is 17.0 Å². The molecule has 1 atom stereocenters. The van der Waals surface area contributed by atoms with E-state index in [0.717, 1.165) is 18.4 Å². The van der Waals surface area contributed by atoms with Crippen LogP contribution in [0.1, 0.15) is 31.4 Å². The first-order valence-electron chi connectivity index (χ1n) is 8.14. The molecule has 3 rings (SSSR count). The van der Waals surface area contributed by atoms with E-state index in [4.69, 9.17) is 0 Å². The molecule has 1 saturated heterocycles. The van der Waals surface area contributed by atoms with E-state index in [1.807, 2.05) is 13.0 Å². The summed E-state index contributed by atoms with van der Waals surface area (Å²) in [6, 6.07) is 6.89. The quantitative estimate of drug-likeness (QED) is 0.855. The highest BCUT2D eigenvalue weighted by Crippen LogP contribution is 2.22. The van der Waals surface area contributed by atoms with Crippen molar-refractivity contribution in [3.8, 4) is 0 Å². The van der Waals surface area contributed by atoms with Gasteiger partial charge in [0.05, 0.1) is 0 Å². The van der Waals surface area contributed by atoms with Gasteiger partial charge in [0.1, 0.15) is 5.82 Å². The molecule has 1 N–H and O–H groups in total. The Morgan fingerprint density at radius 2 is 1.91 bits per heavy atom. The zero-order chi connectivity index (χ0) is 16.4. The van der Waals surface area contributed by atoms with Crippen LogP contribution in [0.15, 0.2) is 24.3 Å².